The predicted octanol–water partition coefficient (Wildman–Crippen LogP) is 4.10. The van der Waals surface area contributed by atoms with Crippen molar-refractivity contribution in [3.05, 3.63) is 59.9 Å². The zero-order valence-corrected chi connectivity index (χ0v) is 15.4. The first kappa shape index (κ1) is 18.9. The zero-order chi connectivity index (χ0) is 19.2. The number of nitrogens with zero attached hydrogens (tertiary/aromatic N) is 1. The van der Waals surface area contributed by atoms with Crippen molar-refractivity contribution in [1.82, 2.24) is 5.32 Å². The Morgan fingerprint density at radius 1 is 1.15 bits per heavy atom. The number of hydrogen-bond donors (Lipinski definition) is 2. The smallest absolute Gasteiger partial charge is 0.319 e. The van der Waals surface area contributed by atoms with E-state index >= 15 is 0 Å². The summed E-state index contributed by atoms with van der Waals surface area (Å²) in [6.45, 7) is 2.53. The number of urea groups is 1. The van der Waals surface area contributed by atoms with E-state index in [-0.39, 0.29) is 30.2 Å². The Morgan fingerprint density at radius 2 is 1.85 bits per heavy atom. The van der Waals surface area contributed by atoms with Gasteiger partial charge in [0.25, 0.3) is 0 Å². The molecule has 6 heteroatoms. The highest BCUT2D eigenvalue weighted by Crippen LogP contribution is 2.22. The van der Waals surface area contributed by atoms with E-state index in [2.05, 4.69) is 17.6 Å². The van der Waals surface area contributed by atoms with E-state index in [9.17, 15) is 14.0 Å². The van der Waals surface area contributed by atoms with Crippen LogP contribution in [0.3, 0.4) is 0 Å². The van der Waals surface area contributed by atoms with Crippen molar-refractivity contribution in [1.29, 1.82) is 0 Å². The molecule has 1 fully saturated rings. The first-order valence-corrected chi connectivity index (χ1v) is 9.27. The molecule has 0 saturated carbocycles. The van der Waals surface area contributed by atoms with Crippen LogP contribution in [0, 0.1) is 5.82 Å². The highest BCUT2D eigenvalue weighted by atomic mass is 19.1. The molecule has 27 heavy (non-hydrogen) atoms. The molecule has 2 N–H and O–H groups in total. The standard InChI is InChI=1S/C21H24FN3O2/c1-2-3-4-15-5-9-17(10-6-15)23-21(27)24-18-13-20(26)25(14-18)19-11-7-16(22)8-12-19/h5-12,18H,2-4,13-14H2,1H3,(H2,23,24,27). The lowest BCUT2D eigenvalue weighted by Crippen LogP contribution is -2.39. The summed E-state index contributed by atoms with van der Waals surface area (Å²) in [6, 6.07) is 12.9. The molecule has 1 atom stereocenters. The molecular formula is C21H24FN3O2. The van der Waals surface area contributed by atoms with Crippen LogP contribution in [-0.2, 0) is 11.2 Å². The van der Waals surface area contributed by atoms with Crippen molar-refractivity contribution in [2.75, 3.05) is 16.8 Å². The van der Waals surface area contributed by atoms with Crippen LogP contribution in [0.2, 0.25) is 0 Å². The summed E-state index contributed by atoms with van der Waals surface area (Å²) in [5.74, 6) is -0.438. The molecule has 3 amide bonds. The Hall–Kier alpha value is -2.89. The normalized spacial score (nSPS) is 16.4. The summed E-state index contributed by atoms with van der Waals surface area (Å²) in [5, 5.41) is 5.63. The molecule has 0 aliphatic carbocycles. The predicted molar refractivity (Wildman–Crippen MR) is 104 cm³/mol. The number of hydrogen-bond acceptors (Lipinski definition) is 2. The molecule has 0 radical (unpaired) electrons. The highest BCUT2D eigenvalue weighted by molar-refractivity contribution is 5.97. The second-order valence-electron chi connectivity index (χ2n) is 6.78. The Labute approximate surface area is 158 Å². The number of benzene rings is 2. The van der Waals surface area contributed by atoms with E-state index in [4.69, 9.17) is 0 Å². The van der Waals surface area contributed by atoms with Gasteiger partial charge in [0.15, 0.2) is 0 Å². The third kappa shape index (κ3) is 5.06. The van der Waals surface area contributed by atoms with Gasteiger partial charge in [-0.25, -0.2) is 9.18 Å². The van der Waals surface area contributed by atoms with E-state index in [1.807, 2.05) is 24.3 Å². The largest absolute Gasteiger partial charge is 0.333 e. The number of unbranched alkanes of at least 4 members (excludes halogenated alkanes) is 1. The van der Waals surface area contributed by atoms with Crippen LogP contribution >= 0.6 is 0 Å². The molecule has 2 aromatic rings. The maximum Gasteiger partial charge on any atom is 0.319 e. The van der Waals surface area contributed by atoms with Crippen LogP contribution in [0.1, 0.15) is 31.7 Å². The number of carbonyl (C=O) groups excluding carboxylic acids is 2. The fraction of sp³-hybridized carbons (Fsp3) is 0.333. The van der Waals surface area contributed by atoms with Crippen molar-refractivity contribution < 1.29 is 14.0 Å². The van der Waals surface area contributed by atoms with Crippen LogP contribution in [0.15, 0.2) is 48.5 Å². The average Bonchev–Trinajstić information content (AvgIpc) is 3.01. The quantitative estimate of drug-likeness (QED) is 0.805. The fourth-order valence-corrected chi connectivity index (χ4v) is 3.16. The van der Waals surface area contributed by atoms with Gasteiger partial charge in [-0.2, -0.15) is 0 Å². The van der Waals surface area contributed by atoms with Gasteiger partial charge in [-0.3, -0.25) is 4.79 Å². The first-order chi connectivity index (χ1) is 13.0. The Morgan fingerprint density at radius 3 is 2.52 bits per heavy atom. The molecule has 3 rings (SSSR count). The monoisotopic (exact) mass is 369 g/mol. The number of rotatable bonds is 6. The van der Waals surface area contributed by atoms with E-state index in [1.54, 1.807) is 17.0 Å². The minimum Gasteiger partial charge on any atom is -0.333 e. The summed E-state index contributed by atoms with van der Waals surface area (Å²) >= 11 is 0. The van der Waals surface area contributed by atoms with Gasteiger partial charge in [0.1, 0.15) is 5.82 Å². The summed E-state index contributed by atoms with van der Waals surface area (Å²) in [7, 11) is 0. The Kier molecular flexibility index (Phi) is 6.06. The van der Waals surface area contributed by atoms with Crippen LogP contribution in [0.25, 0.3) is 0 Å². The van der Waals surface area contributed by atoms with Gasteiger partial charge >= 0.3 is 6.03 Å². The molecule has 1 heterocycles. The van der Waals surface area contributed by atoms with Crippen molar-refractivity contribution >= 4 is 23.3 Å². The minimum absolute atomic E-state index is 0.0906. The molecule has 142 valence electrons. The molecule has 1 saturated heterocycles. The Balaban J connectivity index is 1.52. The molecule has 0 bridgehead atoms. The van der Waals surface area contributed by atoms with Crippen LogP contribution in [0.4, 0.5) is 20.6 Å². The summed E-state index contributed by atoms with van der Waals surface area (Å²) in [6.07, 6.45) is 3.55. The molecule has 0 aromatic heterocycles. The van der Waals surface area contributed by atoms with Crippen LogP contribution in [0.5, 0.6) is 0 Å². The lowest BCUT2D eigenvalue weighted by atomic mass is 10.1. The van der Waals surface area contributed by atoms with Crippen LogP contribution in [-0.4, -0.2) is 24.5 Å². The molecule has 2 aromatic carbocycles. The molecular weight excluding hydrogens is 345 g/mol. The summed E-state index contributed by atoms with van der Waals surface area (Å²) < 4.78 is 13.0. The maximum atomic E-state index is 13.0. The second kappa shape index (κ2) is 8.66. The van der Waals surface area contributed by atoms with Gasteiger partial charge in [0, 0.05) is 24.3 Å². The van der Waals surface area contributed by atoms with Gasteiger partial charge in [0.05, 0.1) is 6.04 Å². The first-order valence-electron chi connectivity index (χ1n) is 9.27. The maximum absolute atomic E-state index is 13.0. The molecule has 1 aliphatic rings. The van der Waals surface area contributed by atoms with E-state index in [0.29, 0.717) is 17.9 Å². The van der Waals surface area contributed by atoms with Gasteiger partial charge in [-0.15, -0.1) is 0 Å². The minimum atomic E-state index is -0.347. The molecule has 1 aliphatic heterocycles. The van der Waals surface area contributed by atoms with E-state index in [0.717, 1.165) is 19.3 Å². The molecule has 0 spiro atoms. The highest BCUT2D eigenvalue weighted by Gasteiger charge is 2.31. The molecule has 1 unspecified atom stereocenters. The second-order valence-corrected chi connectivity index (χ2v) is 6.78. The topological polar surface area (TPSA) is 61.4 Å². The van der Waals surface area contributed by atoms with Crippen molar-refractivity contribution in [3.63, 3.8) is 0 Å². The van der Waals surface area contributed by atoms with Crippen molar-refractivity contribution in [2.45, 2.75) is 38.6 Å². The SMILES string of the molecule is CCCCc1ccc(NC(=O)NC2CC(=O)N(c3ccc(F)cc3)C2)cc1. The lowest BCUT2D eigenvalue weighted by molar-refractivity contribution is -0.117. The number of amides is 3. The Bertz CT molecular complexity index is 790. The average molecular weight is 369 g/mol. The van der Waals surface area contributed by atoms with Gasteiger partial charge in [-0.1, -0.05) is 25.5 Å². The summed E-state index contributed by atoms with van der Waals surface area (Å²) in [4.78, 5) is 26.0. The number of aryl methyl sites for hydroxylation is 1. The number of anilines is 2. The summed E-state index contributed by atoms with van der Waals surface area (Å²) in [5.41, 5.74) is 2.60. The lowest BCUT2D eigenvalue weighted by Gasteiger charge is -2.17. The van der Waals surface area contributed by atoms with Crippen LogP contribution < -0.4 is 15.5 Å². The van der Waals surface area contributed by atoms with Gasteiger partial charge < -0.3 is 15.5 Å². The van der Waals surface area contributed by atoms with Crippen molar-refractivity contribution in [3.8, 4) is 0 Å². The van der Waals surface area contributed by atoms with E-state index in [1.165, 1.54) is 17.7 Å². The zero-order valence-electron chi connectivity index (χ0n) is 15.4. The van der Waals surface area contributed by atoms with Crippen molar-refractivity contribution in [2.24, 2.45) is 0 Å². The van der Waals surface area contributed by atoms with E-state index < -0.39 is 0 Å². The number of halogens is 1. The third-order valence-electron chi connectivity index (χ3n) is 4.63. The molecule has 5 nitrogen and oxygen atoms in total. The fourth-order valence-electron chi connectivity index (χ4n) is 3.16. The number of nitrogens with one attached hydrogen (secondary N) is 2. The number of carbonyl (C=O) groups is 2. The van der Waals surface area contributed by atoms with Gasteiger partial charge in [-0.05, 0) is 54.8 Å². The third-order valence-corrected chi connectivity index (χ3v) is 4.63. The van der Waals surface area contributed by atoms with Gasteiger partial charge in [0.2, 0.25) is 5.91 Å².